The first-order chi connectivity index (χ1) is 5.27. The third-order valence-electron chi connectivity index (χ3n) is 2.40. The number of rotatable bonds is 1. The summed E-state index contributed by atoms with van der Waals surface area (Å²) in [4.78, 5) is 5.66. The monoisotopic (exact) mass is 157 g/mol. The normalized spacial score (nSPS) is 38.5. The molecule has 2 fully saturated rings. The van der Waals surface area contributed by atoms with Gasteiger partial charge in [0.25, 0.3) is 0 Å². The van der Waals surface area contributed by atoms with Crippen LogP contribution in [-0.2, 0) is 9.57 Å². The van der Waals surface area contributed by atoms with Crippen molar-refractivity contribution < 1.29 is 9.57 Å². The molecule has 3 nitrogen and oxygen atoms in total. The van der Waals surface area contributed by atoms with Crippen molar-refractivity contribution in [3.63, 3.8) is 0 Å². The minimum atomic E-state index is 0.345. The second kappa shape index (κ2) is 2.73. The molecule has 0 N–H and O–H groups in total. The molecule has 0 bridgehead atoms. The van der Waals surface area contributed by atoms with Gasteiger partial charge in [-0.15, -0.1) is 0 Å². The molecule has 11 heavy (non-hydrogen) atoms. The number of fused-ring (bicyclic) bond motifs is 1. The van der Waals surface area contributed by atoms with E-state index in [1.807, 2.05) is 0 Å². The first kappa shape index (κ1) is 7.53. The second-order valence-electron chi connectivity index (χ2n) is 3.63. The Morgan fingerprint density at radius 1 is 1.36 bits per heavy atom. The molecule has 64 valence electrons. The molecular formula is C8H15NO2. The average Bonchev–Trinajstić information content (AvgIpc) is 2.40. The molecule has 2 saturated heterocycles. The highest BCUT2D eigenvalue weighted by molar-refractivity contribution is 4.82. The van der Waals surface area contributed by atoms with Gasteiger partial charge in [-0.3, -0.25) is 4.84 Å². The maximum Gasteiger partial charge on any atom is 0.109 e. The van der Waals surface area contributed by atoms with E-state index in [1.165, 1.54) is 0 Å². The van der Waals surface area contributed by atoms with Gasteiger partial charge in [-0.25, -0.2) is 0 Å². The lowest BCUT2D eigenvalue weighted by atomic mass is 10.1. The zero-order valence-corrected chi connectivity index (χ0v) is 7.12. The van der Waals surface area contributed by atoms with Crippen molar-refractivity contribution in [1.82, 2.24) is 5.06 Å². The van der Waals surface area contributed by atoms with Crippen molar-refractivity contribution in [2.24, 2.45) is 5.92 Å². The van der Waals surface area contributed by atoms with Crippen molar-refractivity contribution in [3.8, 4) is 0 Å². The maximum absolute atomic E-state index is 5.66. The van der Waals surface area contributed by atoms with Crippen molar-refractivity contribution in [1.29, 1.82) is 0 Å². The Morgan fingerprint density at radius 3 is 2.82 bits per heavy atom. The number of hydrogen-bond acceptors (Lipinski definition) is 3. The molecule has 0 aromatic rings. The fraction of sp³-hybridized carbons (Fsp3) is 1.00. The topological polar surface area (TPSA) is 21.7 Å². The molecule has 3 heteroatoms. The Morgan fingerprint density at radius 2 is 2.18 bits per heavy atom. The molecule has 0 aromatic carbocycles. The summed E-state index contributed by atoms with van der Waals surface area (Å²) in [5.41, 5.74) is 0. The summed E-state index contributed by atoms with van der Waals surface area (Å²) in [5, 5.41) is 2.07. The van der Waals surface area contributed by atoms with Crippen LogP contribution in [0.25, 0.3) is 0 Å². The molecule has 2 heterocycles. The summed E-state index contributed by atoms with van der Waals surface area (Å²) in [6.07, 6.45) is 0.345. The minimum absolute atomic E-state index is 0.345. The fourth-order valence-corrected chi connectivity index (χ4v) is 1.65. The van der Waals surface area contributed by atoms with Crippen molar-refractivity contribution in [3.05, 3.63) is 0 Å². The zero-order chi connectivity index (χ0) is 7.84. The molecular weight excluding hydrogens is 142 g/mol. The molecule has 0 radical (unpaired) electrons. The molecule has 2 unspecified atom stereocenters. The van der Waals surface area contributed by atoms with E-state index in [2.05, 4.69) is 18.9 Å². The minimum Gasteiger partial charge on any atom is -0.378 e. The van der Waals surface area contributed by atoms with Gasteiger partial charge in [0.1, 0.15) is 6.10 Å². The number of nitrogens with zero attached hydrogens (tertiary/aromatic N) is 1. The number of ether oxygens (including phenoxy) is 1. The van der Waals surface area contributed by atoms with Crippen molar-refractivity contribution in [2.75, 3.05) is 19.8 Å². The zero-order valence-electron chi connectivity index (χ0n) is 7.12. The Labute approximate surface area is 67.2 Å². The van der Waals surface area contributed by atoms with Crippen LogP contribution in [0.2, 0.25) is 0 Å². The molecule has 2 aliphatic rings. The van der Waals surface area contributed by atoms with Gasteiger partial charge in [-0.05, 0) is 13.8 Å². The van der Waals surface area contributed by atoms with E-state index in [-0.39, 0.29) is 0 Å². The molecule has 0 aromatic heterocycles. The van der Waals surface area contributed by atoms with Crippen LogP contribution in [-0.4, -0.2) is 37.0 Å². The lowest BCUT2D eigenvalue weighted by Crippen LogP contribution is -2.28. The van der Waals surface area contributed by atoms with Gasteiger partial charge in [0.05, 0.1) is 13.2 Å². The summed E-state index contributed by atoms with van der Waals surface area (Å²) < 4.78 is 5.29. The maximum atomic E-state index is 5.66. The van der Waals surface area contributed by atoms with Gasteiger partial charge in [-0.2, -0.15) is 5.06 Å². The van der Waals surface area contributed by atoms with Crippen LogP contribution in [0.1, 0.15) is 13.8 Å². The SMILES string of the molecule is CC(C)N1CC2COCC2O1. The Bertz CT molecular complexity index is 137. The van der Waals surface area contributed by atoms with E-state index >= 15 is 0 Å². The van der Waals surface area contributed by atoms with Gasteiger partial charge in [0, 0.05) is 18.5 Å². The van der Waals surface area contributed by atoms with Crippen molar-refractivity contribution in [2.45, 2.75) is 26.0 Å². The first-order valence-corrected chi connectivity index (χ1v) is 4.28. The summed E-state index contributed by atoms with van der Waals surface area (Å²) in [5.74, 6) is 0.623. The van der Waals surface area contributed by atoms with E-state index in [0.717, 1.165) is 19.8 Å². The molecule has 2 aliphatic heterocycles. The van der Waals surface area contributed by atoms with E-state index < -0.39 is 0 Å². The number of hydroxylamine groups is 2. The first-order valence-electron chi connectivity index (χ1n) is 4.28. The quantitative estimate of drug-likeness (QED) is 0.558. The average molecular weight is 157 g/mol. The molecule has 2 rings (SSSR count). The van der Waals surface area contributed by atoms with Crippen LogP contribution < -0.4 is 0 Å². The van der Waals surface area contributed by atoms with E-state index in [4.69, 9.17) is 9.57 Å². The van der Waals surface area contributed by atoms with Crippen LogP contribution in [0, 0.1) is 5.92 Å². The van der Waals surface area contributed by atoms with Crippen LogP contribution in [0.3, 0.4) is 0 Å². The smallest absolute Gasteiger partial charge is 0.109 e. The van der Waals surface area contributed by atoms with Crippen molar-refractivity contribution >= 4 is 0 Å². The highest BCUT2D eigenvalue weighted by Gasteiger charge is 2.39. The lowest BCUT2D eigenvalue weighted by Gasteiger charge is -2.19. The molecule has 0 aliphatic carbocycles. The van der Waals surface area contributed by atoms with E-state index in [1.54, 1.807) is 0 Å². The highest BCUT2D eigenvalue weighted by atomic mass is 16.7. The second-order valence-corrected chi connectivity index (χ2v) is 3.63. The lowest BCUT2D eigenvalue weighted by molar-refractivity contribution is -0.171. The third-order valence-corrected chi connectivity index (χ3v) is 2.40. The highest BCUT2D eigenvalue weighted by Crippen LogP contribution is 2.27. The third kappa shape index (κ3) is 1.28. The van der Waals surface area contributed by atoms with E-state index in [9.17, 15) is 0 Å². The van der Waals surface area contributed by atoms with E-state index in [0.29, 0.717) is 18.1 Å². The van der Waals surface area contributed by atoms with Gasteiger partial charge in [0.15, 0.2) is 0 Å². The Hall–Kier alpha value is -0.120. The Balaban J connectivity index is 1.94. The molecule has 0 amide bonds. The number of hydrogen-bond donors (Lipinski definition) is 0. The standard InChI is InChI=1S/C8H15NO2/c1-6(2)9-3-7-4-10-5-8(7)11-9/h6-8H,3-5H2,1-2H3. The van der Waals surface area contributed by atoms with Crippen LogP contribution >= 0.6 is 0 Å². The van der Waals surface area contributed by atoms with Gasteiger partial charge in [-0.1, -0.05) is 0 Å². The van der Waals surface area contributed by atoms with Gasteiger partial charge in [0.2, 0.25) is 0 Å². The summed E-state index contributed by atoms with van der Waals surface area (Å²) in [6, 6.07) is 0.501. The van der Waals surface area contributed by atoms with Crippen LogP contribution in [0.5, 0.6) is 0 Å². The molecule has 0 saturated carbocycles. The predicted molar refractivity (Wildman–Crippen MR) is 41.0 cm³/mol. The largest absolute Gasteiger partial charge is 0.378 e. The predicted octanol–water partition coefficient (Wildman–Crippen LogP) is 0.657. The molecule has 0 spiro atoms. The summed E-state index contributed by atoms with van der Waals surface area (Å²) in [7, 11) is 0. The summed E-state index contributed by atoms with van der Waals surface area (Å²) >= 11 is 0. The Kier molecular flexibility index (Phi) is 1.87. The van der Waals surface area contributed by atoms with Gasteiger partial charge >= 0.3 is 0 Å². The summed E-state index contributed by atoms with van der Waals surface area (Å²) in [6.45, 7) is 7.02. The molecule has 2 atom stereocenters. The van der Waals surface area contributed by atoms with Crippen LogP contribution in [0.15, 0.2) is 0 Å². The fourth-order valence-electron chi connectivity index (χ4n) is 1.65. The van der Waals surface area contributed by atoms with Gasteiger partial charge < -0.3 is 4.74 Å². The van der Waals surface area contributed by atoms with Crippen LogP contribution in [0.4, 0.5) is 0 Å².